The molecular formula is C15H30N2O. The lowest BCUT2D eigenvalue weighted by atomic mass is 9.82. The maximum absolute atomic E-state index is 12.0. The predicted octanol–water partition coefficient (Wildman–Crippen LogP) is 2.69. The zero-order valence-corrected chi connectivity index (χ0v) is 12.2. The molecule has 1 atom stereocenters. The molecule has 0 bridgehead atoms. The summed E-state index contributed by atoms with van der Waals surface area (Å²) >= 11 is 0. The molecular weight excluding hydrogens is 224 g/mol. The molecule has 3 heteroatoms. The molecule has 0 saturated heterocycles. The summed E-state index contributed by atoms with van der Waals surface area (Å²) in [6.45, 7) is 7.24. The Bertz CT molecular complexity index is 243. The molecule has 1 amide bonds. The molecule has 0 heterocycles. The molecule has 3 N–H and O–H groups in total. The van der Waals surface area contributed by atoms with Gasteiger partial charge in [0.2, 0.25) is 5.91 Å². The molecule has 106 valence electrons. The van der Waals surface area contributed by atoms with Gasteiger partial charge in [0, 0.05) is 18.5 Å². The van der Waals surface area contributed by atoms with Crippen molar-refractivity contribution in [2.24, 2.45) is 23.5 Å². The molecule has 0 aromatic carbocycles. The average Bonchev–Trinajstić information content (AvgIpc) is 2.38. The Morgan fingerprint density at radius 2 is 1.78 bits per heavy atom. The summed E-state index contributed by atoms with van der Waals surface area (Å²) in [5, 5.41) is 3.05. The van der Waals surface area contributed by atoms with Crippen LogP contribution in [0.5, 0.6) is 0 Å². The van der Waals surface area contributed by atoms with Gasteiger partial charge in [-0.15, -0.1) is 0 Å². The van der Waals surface area contributed by atoms with Crippen LogP contribution in [0.2, 0.25) is 0 Å². The summed E-state index contributed by atoms with van der Waals surface area (Å²) in [7, 11) is 0. The minimum Gasteiger partial charge on any atom is -0.354 e. The Morgan fingerprint density at radius 1 is 1.22 bits per heavy atom. The van der Waals surface area contributed by atoms with E-state index in [1.54, 1.807) is 0 Å². The van der Waals surface area contributed by atoms with Gasteiger partial charge in [-0.25, -0.2) is 0 Å². The molecule has 0 aromatic rings. The standard InChI is InChI=1S/C15H30N2O/c1-4-12(5-2)14(16)10-17-15(18)13-8-6-11(3)7-9-13/h11-14H,4-10,16H2,1-3H3,(H,17,18). The Kier molecular flexibility index (Phi) is 6.69. The summed E-state index contributed by atoms with van der Waals surface area (Å²) in [5.74, 6) is 1.77. The second-order valence-corrected chi connectivity index (χ2v) is 5.94. The third-order valence-corrected chi connectivity index (χ3v) is 4.55. The van der Waals surface area contributed by atoms with Crippen LogP contribution in [0, 0.1) is 17.8 Å². The maximum Gasteiger partial charge on any atom is 0.223 e. The molecule has 1 aliphatic rings. The molecule has 0 aromatic heterocycles. The quantitative estimate of drug-likeness (QED) is 0.765. The van der Waals surface area contributed by atoms with Crippen LogP contribution in [-0.4, -0.2) is 18.5 Å². The first-order valence-corrected chi connectivity index (χ1v) is 7.61. The van der Waals surface area contributed by atoms with E-state index in [9.17, 15) is 4.79 Å². The zero-order chi connectivity index (χ0) is 13.5. The van der Waals surface area contributed by atoms with E-state index in [0.29, 0.717) is 12.5 Å². The van der Waals surface area contributed by atoms with Crippen LogP contribution >= 0.6 is 0 Å². The highest BCUT2D eigenvalue weighted by Gasteiger charge is 2.24. The summed E-state index contributed by atoms with van der Waals surface area (Å²) in [4.78, 5) is 12.0. The van der Waals surface area contributed by atoms with Crippen LogP contribution < -0.4 is 11.1 Å². The summed E-state index contributed by atoms with van der Waals surface area (Å²) in [6.07, 6.45) is 6.66. The van der Waals surface area contributed by atoms with Gasteiger partial charge in [0.05, 0.1) is 0 Å². The first-order valence-electron chi connectivity index (χ1n) is 7.61. The highest BCUT2D eigenvalue weighted by Crippen LogP contribution is 2.28. The van der Waals surface area contributed by atoms with Crippen LogP contribution in [0.3, 0.4) is 0 Å². The monoisotopic (exact) mass is 254 g/mol. The summed E-state index contributed by atoms with van der Waals surface area (Å²) in [6, 6.07) is 0.103. The van der Waals surface area contributed by atoms with Gasteiger partial charge in [-0.3, -0.25) is 4.79 Å². The average molecular weight is 254 g/mol. The molecule has 1 fully saturated rings. The molecule has 1 unspecified atom stereocenters. The maximum atomic E-state index is 12.0. The third kappa shape index (κ3) is 4.60. The first kappa shape index (κ1) is 15.5. The van der Waals surface area contributed by atoms with Gasteiger partial charge in [0.15, 0.2) is 0 Å². The zero-order valence-electron chi connectivity index (χ0n) is 12.2. The van der Waals surface area contributed by atoms with E-state index in [4.69, 9.17) is 5.73 Å². The topological polar surface area (TPSA) is 55.1 Å². The van der Waals surface area contributed by atoms with E-state index in [0.717, 1.165) is 31.6 Å². The highest BCUT2D eigenvalue weighted by atomic mass is 16.1. The SMILES string of the molecule is CCC(CC)C(N)CNC(=O)C1CCC(C)CC1. The molecule has 3 nitrogen and oxygen atoms in total. The van der Waals surface area contributed by atoms with Crippen LogP contribution in [0.1, 0.15) is 59.3 Å². The van der Waals surface area contributed by atoms with E-state index < -0.39 is 0 Å². The molecule has 0 spiro atoms. The molecule has 18 heavy (non-hydrogen) atoms. The lowest BCUT2D eigenvalue weighted by Crippen LogP contribution is -2.44. The van der Waals surface area contributed by atoms with Crippen molar-refractivity contribution >= 4 is 5.91 Å². The third-order valence-electron chi connectivity index (χ3n) is 4.55. The van der Waals surface area contributed by atoms with E-state index in [2.05, 4.69) is 26.1 Å². The Morgan fingerprint density at radius 3 is 2.28 bits per heavy atom. The minimum absolute atomic E-state index is 0.103. The van der Waals surface area contributed by atoms with Gasteiger partial charge in [-0.1, -0.05) is 33.6 Å². The predicted molar refractivity (Wildman–Crippen MR) is 76.2 cm³/mol. The van der Waals surface area contributed by atoms with Crippen molar-refractivity contribution in [1.82, 2.24) is 5.32 Å². The Hall–Kier alpha value is -0.570. The van der Waals surface area contributed by atoms with Gasteiger partial charge in [-0.2, -0.15) is 0 Å². The number of nitrogens with two attached hydrogens (primary N) is 1. The van der Waals surface area contributed by atoms with Gasteiger partial charge >= 0.3 is 0 Å². The van der Waals surface area contributed by atoms with E-state index in [1.165, 1.54) is 12.8 Å². The Balaban J connectivity index is 2.28. The van der Waals surface area contributed by atoms with Gasteiger partial charge in [0.25, 0.3) is 0 Å². The molecule has 1 aliphatic carbocycles. The van der Waals surface area contributed by atoms with Crippen LogP contribution in [-0.2, 0) is 4.79 Å². The molecule has 0 radical (unpaired) electrons. The number of nitrogens with one attached hydrogen (secondary N) is 1. The lowest BCUT2D eigenvalue weighted by molar-refractivity contribution is -0.126. The van der Waals surface area contributed by atoms with Crippen LogP contribution in [0.15, 0.2) is 0 Å². The van der Waals surface area contributed by atoms with Crippen LogP contribution in [0.25, 0.3) is 0 Å². The fourth-order valence-electron chi connectivity index (χ4n) is 2.95. The smallest absolute Gasteiger partial charge is 0.223 e. The first-order chi connectivity index (χ1) is 8.58. The number of hydrogen-bond acceptors (Lipinski definition) is 2. The van der Waals surface area contributed by atoms with Crippen molar-refractivity contribution in [2.75, 3.05) is 6.54 Å². The molecule has 1 rings (SSSR count). The van der Waals surface area contributed by atoms with Gasteiger partial charge in [0.1, 0.15) is 0 Å². The number of carbonyl (C=O) groups is 1. The van der Waals surface area contributed by atoms with Crippen molar-refractivity contribution in [2.45, 2.75) is 65.3 Å². The highest BCUT2D eigenvalue weighted by molar-refractivity contribution is 5.78. The van der Waals surface area contributed by atoms with Crippen molar-refractivity contribution < 1.29 is 4.79 Å². The van der Waals surface area contributed by atoms with Crippen molar-refractivity contribution in [3.05, 3.63) is 0 Å². The molecule has 1 saturated carbocycles. The fourth-order valence-corrected chi connectivity index (χ4v) is 2.95. The second kappa shape index (κ2) is 7.78. The van der Waals surface area contributed by atoms with Crippen molar-refractivity contribution in [3.8, 4) is 0 Å². The summed E-state index contributed by atoms with van der Waals surface area (Å²) in [5.41, 5.74) is 6.12. The lowest BCUT2D eigenvalue weighted by Gasteiger charge is -2.27. The van der Waals surface area contributed by atoms with Gasteiger partial charge < -0.3 is 11.1 Å². The minimum atomic E-state index is 0.103. The number of carbonyl (C=O) groups excluding carboxylic acids is 1. The number of hydrogen-bond donors (Lipinski definition) is 2. The normalized spacial score (nSPS) is 26.1. The number of amides is 1. The fraction of sp³-hybridized carbons (Fsp3) is 0.933. The van der Waals surface area contributed by atoms with Gasteiger partial charge in [-0.05, 0) is 37.5 Å². The van der Waals surface area contributed by atoms with Crippen molar-refractivity contribution in [1.29, 1.82) is 0 Å². The largest absolute Gasteiger partial charge is 0.354 e. The molecule has 0 aliphatic heterocycles. The number of rotatable bonds is 6. The van der Waals surface area contributed by atoms with E-state index >= 15 is 0 Å². The van der Waals surface area contributed by atoms with Crippen molar-refractivity contribution in [3.63, 3.8) is 0 Å². The van der Waals surface area contributed by atoms with E-state index in [-0.39, 0.29) is 17.9 Å². The van der Waals surface area contributed by atoms with E-state index in [1.807, 2.05) is 0 Å². The second-order valence-electron chi connectivity index (χ2n) is 5.94. The summed E-state index contributed by atoms with van der Waals surface area (Å²) < 4.78 is 0. The van der Waals surface area contributed by atoms with Crippen LogP contribution in [0.4, 0.5) is 0 Å². The Labute approximate surface area is 112 Å².